The molecule has 2 unspecified atom stereocenters. The highest BCUT2D eigenvalue weighted by atomic mass is 35.5. The van der Waals surface area contributed by atoms with Crippen LogP contribution in [0, 0.1) is 5.82 Å². The Labute approximate surface area is 198 Å². The minimum atomic E-state index is -4.60. The molecule has 4 rings (SSSR count). The maximum atomic E-state index is 15.0. The second-order valence-electron chi connectivity index (χ2n) is 7.90. The highest BCUT2D eigenvalue weighted by molar-refractivity contribution is 6.34. The van der Waals surface area contributed by atoms with Gasteiger partial charge in [0, 0.05) is 46.9 Å². The normalized spacial score (nSPS) is 18.5. The number of aromatic nitrogens is 1. The number of fused-ring (bicyclic) bond motifs is 1. The average molecular weight is 496 g/mol. The molecule has 1 aromatic carbocycles. The fraction of sp³-hybridized carbons (Fsp3) is 0.304. The molecule has 3 N–H and O–H groups in total. The number of alkyl halides is 3. The zero-order chi connectivity index (χ0) is 24.8. The highest BCUT2D eigenvalue weighted by Crippen LogP contribution is 2.45. The number of amidine groups is 1. The third kappa shape index (κ3) is 4.06. The molecule has 0 saturated carbocycles. The standard InChI is InChI=1S/C23H22ClF4N5O/c1-4-34-20-14(11(2)22-32-12(3)19-21(29)30-7-8-33(19)22)9-15(25)18(24)17(20)13-5-6-16(31-10-13)23(26,27)28/h5-11,22,32H,4H2,1-3H3,(H2,29,30). The van der Waals surface area contributed by atoms with Crippen LogP contribution in [0.15, 0.2) is 53.2 Å². The molecule has 2 aliphatic rings. The summed E-state index contributed by atoms with van der Waals surface area (Å²) in [6.45, 7) is 5.72. The average Bonchev–Trinajstić information content (AvgIpc) is 3.13. The van der Waals surface area contributed by atoms with Gasteiger partial charge in [-0.1, -0.05) is 24.6 Å². The van der Waals surface area contributed by atoms with Crippen LogP contribution in [-0.2, 0) is 6.18 Å². The molecule has 0 aliphatic carbocycles. The molecule has 180 valence electrons. The molecule has 6 nitrogen and oxygen atoms in total. The van der Waals surface area contributed by atoms with Crippen LogP contribution in [0.3, 0.4) is 0 Å². The van der Waals surface area contributed by atoms with Gasteiger partial charge in [0.05, 0.1) is 11.6 Å². The summed E-state index contributed by atoms with van der Waals surface area (Å²) in [5, 5.41) is 3.10. The van der Waals surface area contributed by atoms with Gasteiger partial charge < -0.3 is 20.7 Å². The molecule has 0 saturated heterocycles. The minimum absolute atomic E-state index is 0.143. The molecule has 3 heterocycles. The van der Waals surface area contributed by atoms with E-state index in [1.165, 1.54) is 12.1 Å². The van der Waals surface area contributed by atoms with E-state index in [0.29, 0.717) is 11.4 Å². The number of rotatable bonds is 5. The molecule has 11 heteroatoms. The predicted molar refractivity (Wildman–Crippen MR) is 121 cm³/mol. The SMILES string of the molecule is CCOc1c(C(C)C2NC(C)=C3C(N)=NC=CN32)cc(F)c(Cl)c1-c1ccc(C(F)(F)F)nc1. The van der Waals surface area contributed by atoms with Crippen LogP contribution < -0.4 is 15.8 Å². The van der Waals surface area contributed by atoms with Crippen LogP contribution >= 0.6 is 11.6 Å². The summed E-state index contributed by atoms with van der Waals surface area (Å²) < 4.78 is 59.9. The predicted octanol–water partition coefficient (Wildman–Crippen LogP) is 5.37. The number of nitrogens with one attached hydrogen (secondary N) is 1. The second-order valence-corrected chi connectivity index (χ2v) is 8.28. The minimum Gasteiger partial charge on any atom is -0.493 e. The first kappa shape index (κ1) is 23.9. The first-order valence-electron chi connectivity index (χ1n) is 10.5. The van der Waals surface area contributed by atoms with E-state index >= 15 is 4.39 Å². The van der Waals surface area contributed by atoms with Crippen molar-refractivity contribution in [2.75, 3.05) is 6.61 Å². The lowest BCUT2D eigenvalue weighted by Crippen LogP contribution is -2.41. The first-order valence-corrected chi connectivity index (χ1v) is 10.9. The Morgan fingerprint density at radius 3 is 2.68 bits per heavy atom. The van der Waals surface area contributed by atoms with Crippen molar-refractivity contribution in [2.45, 2.75) is 39.0 Å². The number of hydrogen-bond acceptors (Lipinski definition) is 6. The number of nitrogens with two attached hydrogens (primary N) is 1. The molecular weight excluding hydrogens is 474 g/mol. The summed E-state index contributed by atoms with van der Waals surface area (Å²) in [5.74, 6) is -0.456. The van der Waals surface area contributed by atoms with Crippen molar-refractivity contribution >= 4 is 17.4 Å². The van der Waals surface area contributed by atoms with Gasteiger partial charge >= 0.3 is 6.18 Å². The summed E-state index contributed by atoms with van der Waals surface area (Å²) >= 11 is 6.30. The van der Waals surface area contributed by atoms with Crippen molar-refractivity contribution in [3.8, 4) is 16.9 Å². The van der Waals surface area contributed by atoms with Gasteiger partial charge in [-0.25, -0.2) is 9.38 Å². The van der Waals surface area contributed by atoms with Gasteiger partial charge in [0.15, 0.2) is 0 Å². The van der Waals surface area contributed by atoms with E-state index in [-0.39, 0.29) is 40.6 Å². The summed E-state index contributed by atoms with van der Waals surface area (Å²) in [5.41, 5.74) is 7.35. The fourth-order valence-corrected chi connectivity index (χ4v) is 4.45. The van der Waals surface area contributed by atoms with Gasteiger partial charge in [0.2, 0.25) is 0 Å². The Bertz CT molecular complexity index is 1210. The maximum Gasteiger partial charge on any atom is 0.433 e. The van der Waals surface area contributed by atoms with Crippen molar-refractivity contribution < 1.29 is 22.3 Å². The van der Waals surface area contributed by atoms with Gasteiger partial charge in [-0.15, -0.1) is 0 Å². The van der Waals surface area contributed by atoms with Crippen LogP contribution in [0.5, 0.6) is 5.75 Å². The van der Waals surface area contributed by atoms with E-state index in [1.807, 2.05) is 18.7 Å². The molecule has 0 radical (unpaired) electrons. The number of benzene rings is 1. The Hall–Kier alpha value is -3.27. The third-order valence-electron chi connectivity index (χ3n) is 5.76. The van der Waals surface area contributed by atoms with Crippen molar-refractivity contribution in [1.29, 1.82) is 0 Å². The highest BCUT2D eigenvalue weighted by Gasteiger charge is 2.38. The van der Waals surface area contributed by atoms with Crippen LogP contribution in [-0.4, -0.2) is 28.5 Å². The van der Waals surface area contributed by atoms with Crippen molar-refractivity contribution in [3.05, 3.63) is 70.3 Å². The van der Waals surface area contributed by atoms with Gasteiger partial charge in [-0.2, -0.15) is 13.2 Å². The molecular formula is C23H22ClF4N5O. The fourth-order valence-electron chi connectivity index (χ4n) is 4.20. The maximum absolute atomic E-state index is 15.0. The summed E-state index contributed by atoms with van der Waals surface area (Å²) in [6.07, 6.45) is -0.592. The molecule has 34 heavy (non-hydrogen) atoms. The zero-order valence-corrected chi connectivity index (χ0v) is 19.3. The Balaban J connectivity index is 1.81. The number of allylic oxidation sites excluding steroid dienone is 1. The molecule has 0 fully saturated rings. The number of pyridine rings is 1. The zero-order valence-electron chi connectivity index (χ0n) is 18.5. The van der Waals surface area contributed by atoms with Crippen LogP contribution in [0.4, 0.5) is 17.6 Å². The summed E-state index contributed by atoms with van der Waals surface area (Å²) in [7, 11) is 0. The van der Waals surface area contributed by atoms with Gasteiger partial charge in [0.1, 0.15) is 35.0 Å². The number of ether oxygens (including phenoxy) is 1. The first-order chi connectivity index (χ1) is 16.0. The number of halogens is 5. The molecule has 2 aliphatic heterocycles. The van der Waals surface area contributed by atoms with E-state index in [4.69, 9.17) is 22.1 Å². The van der Waals surface area contributed by atoms with Gasteiger partial charge in [0.25, 0.3) is 0 Å². The molecule has 0 spiro atoms. The topological polar surface area (TPSA) is 75.8 Å². The lowest BCUT2D eigenvalue weighted by molar-refractivity contribution is -0.141. The number of aliphatic imine (C=N–C) groups is 1. The molecule has 2 aromatic rings. The lowest BCUT2D eigenvalue weighted by atomic mass is 9.92. The monoisotopic (exact) mass is 495 g/mol. The van der Waals surface area contributed by atoms with Crippen LogP contribution in [0.25, 0.3) is 11.1 Å². The number of nitrogens with zero attached hydrogens (tertiary/aromatic N) is 3. The molecule has 0 amide bonds. The van der Waals surface area contributed by atoms with E-state index in [9.17, 15) is 13.2 Å². The Kier molecular flexibility index (Phi) is 6.20. The van der Waals surface area contributed by atoms with E-state index in [0.717, 1.165) is 23.7 Å². The van der Waals surface area contributed by atoms with Crippen molar-refractivity contribution in [3.63, 3.8) is 0 Å². The van der Waals surface area contributed by atoms with E-state index < -0.39 is 17.7 Å². The second kappa shape index (κ2) is 8.83. The molecule has 2 atom stereocenters. The summed E-state index contributed by atoms with van der Waals surface area (Å²) in [4.78, 5) is 9.53. The van der Waals surface area contributed by atoms with Crippen molar-refractivity contribution in [1.82, 2.24) is 15.2 Å². The largest absolute Gasteiger partial charge is 0.493 e. The lowest BCUT2D eigenvalue weighted by Gasteiger charge is -2.32. The molecule has 0 bridgehead atoms. The number of hydrogen-bond donors (Lipinski definition) is 2. The van der Waals surface area contributed by atoms with Crippen molar-refractivity contribution in [2.24, 2.45) is 10.7 Å². The smallest absolute Gasteiger partial charge is 0.433 e. The van der Waals surface area contributed by atoms with Gasteiger partial charge in [-0.05, 0) is 26.0 Å². The van der Waals surface area contributed by atoms with Gasteiger partial charge in [-0.3, -0.25) is 4.98 Å². The quantitative estimate of drug-likeness (QED) is 0.546. The Morgan fingerprint density at radius 1 is 1.32 bits per heavy atom. The van der Waals surface area contributed by atoms with E-state index in [2.05, 4.69) is 15.3 Å². The van der Waals surface area contributed by atoms with Crippen LogP contribution in [0.1, 0.15) is 37.9 Å². The van der Waals surface area contributed by atoms with Crippen LogP contribution in [0.2, 0.25) is 5.02 Å². The molecule has 1 aromatic heterocycles. The van der Waals surface area contributed by atoms with E-state index in [1.54, 1.807) is 19.3 Å². The third-order valence-corrected chi connectivity index (χ3v) is 6.13. The Morgan fingerprint density at radius 2 is 2.06 bits per heavy atom. The summed E-state index contributed by atoms with van der Waals surface area (Å²) in [6, 6.07) is 3.32.